The van der Waals surface area contributed by atoms with Crippen molar-refractivity contribution in [1.29, 1.82) is 0 Å². The Hall–Kier alpha value is -2.34. The molecule has 0 radical (unpaired) electrons. The van der Waals surface area contributed by atoms with Gasteiger partial charge in [0.25, 0.3) is 0 Å². The van der Waals surface area contributed by atoms with Crippen molar-refractivity contribution in [3.8, 4) is 11.1 Å². The standard InChI is InChI=1S/C25H24/c1-17-24(19-9-2-3-10-19)16-20-12-7-15-23(25(17)20)22-14-6-11-18-8-4-5-13-21(18)22/h4-8,11-15,19H,2-3,9-10,16H2,1H3. The molecule has 0 unspecified atom stereocenters. The first kappa shape index (κ1) is 15.0. The Kier molecular flexibility index (Phi) is 3.52. The molecule has 2 aliphatic carbocycles. The van der Waals surface area contributed by atoms with Gasteiger partial charge in [-0.3, -0.25) is 0 Å². The molecule has 0 bridgehead atoms. The van der Waals surface area contributed by atoms with Crippen LogP contribution in [0.1, 0.15) is 43.7 Å². The van der Waals surface area contributed by atoms with Gasteiger partial charge < -0.3 is 0 Å². The third kappa shape index (κ3) is 2.35. The van der Waals surface area contributed by atoms with Crippen molar-refractivity contribution >= 4 is 16.3 Å². The number of hydrogen-bond acceptors (Lipinski definition) is 0. The molecule has 5 rings (SSSR count). The van der Waals surface area contributed by atoms with Gasteiger partial charge in [0, 0.05) is 0 Å². The van der Waals surface area contributed by atoms with E-state index in [9.17, 15) is 0 Å². The van der Waals surface area contributed by atoms with E-state index in [2.05, 4.69) is 67.6 Å². The maximum absolute atomic E-state index is 2.37. The first-order valence-electron chi connectivity index (χ1n) is 9.63. The molecule has 124 valence electrons. The first-order chi connectivity index (χ1) is 12.3. The lowest BCUT2D eigenvalue weighted by molar-refractivity contribution is 0.632. The lowest BCUT2D eigenvalue weighted by Gasteiger charge is -2.14. The van der Waals surface area contributed by atoms with E-state index < -0.39 is 0 Å². The fourth-order valence-electron chi connectivity index (χ4n) is 5.10. The summed E-state index contributed by atoms with van der Waals surface area (Å²) in [7, 11) is 0. The topological polar surface area (TPSA) is 0 Å². The molecular formula is C25H24. The maximum atomic E-state index is 2.37. The Balaban J connectivity index is 1.71. The van der Waals surface area contributed by atoms with Gasteiger partial charge in [-0.1, -0.05) is 79.1 Å². The number of benzene rings is 3. The molecule has 0 heterocycles. The van der Waals surface area contributed by atoms with Gasteiger partial charge in [-0.15, -0.1) is 0 Å². The van der Waals surface area contributed by atoms with Crippen LogP contribution in [0.4, 0.5) is 0 Å². The second-order valence-electron chi connectivity index (χ2n) is 7.67. The highest BCUT2D eigenvalue weighted by atomic mass is 14.3. The van der Waals surface area contributed by atoms with E-state index in [1.54, 1.807) is 11.1 Å². The number of fused-ring (bicyclic) bond motifs is 2. The van der Waals surface area contributed by atoms with Gasteiger partial charge in [0.05, 0.1) is 0 Å². The summed E-state index contributed by atoms with van der Waals surface area (Å²) in [6.45, 7) is 2.37. The predicted molar refractivity (Wildman–Crippen MR) is 108 cm³/mol. The van der Waals surface area contributed by atoms with Crippen LogP contribution in [0.2, 0.25) is 0 Å². The summed E-state index contributed by atoms with van der Waals surface area (Å²) < 4.78 is 0. The average molecular weight is 324 g/mol. The van der Waals surface area contributed by atoms with Crippen LogP contribution in [0.25, 0.3) is 27.5 Å². The highest BCUT2D eigenvalue weighted by Gasteiger charge is 2.28. The third-order valence-electron chi connectivity index (χ3n) is 6.32. The van der Waals surface area contributed by atoms with Crippen LogP contribution in [-0.2, 0) is 6.42 Å². The summed E-state index contributed by atoms with van der Waals surface area (Å²) in [5, 5.41) is 2.69. The minimum atomic E-state index is 0.827. The molecule has 2 aliphatic rings. The molecule has 0 amide bonds. The van der Waals surface area contributed by atoms with Crippen molar-refractivity contribution in [3.63, 3.8) is 0 Å². The first-order valence-corrected chi connectivity index (χ1v) is 9.63. The molecule has 1 fully saturated rings. The van der Waals surface area contributed by atoms with Crippen LogP contribution in [-0.4, -0.2) is 0 Å². The van der Waals surface area contributed by atoms with Gasteiger partial charge in [0.1, 0.15) is 0 Å². The third-order valence-corrected chi connectivity index (χ3v) is 6.32. The van der Waals surface area contributed by atoms with Gasteiger partial charge >= 0.3 is 0 Å². The molecule has 0 aromatic heterocycles. The molecule has 25 heavy (non-hydrogen) atoms. The zero-order valence-electron chi connectivity index (χ0n) is 14.9. The maximum Gasteiger partial charge on any atom is -0.00521 e. The van der Waals surface area contributed by atoms with Crippen molar-refractivity contribution in [3.05, 3.63) is 77.4 Å². The Morgan fingerprint density at radius 3 is 2.36 bits per heavy atom. The quantitative estimate of drug-likeness (QED) is 0.475. The van der Waals surface area contributed by atoms with Crippen LogP contribution in [0.5, 0.6) is 0 Å². The van der Waals surface area contributed by atoms with Gasteiger partial charge in [-0.2, -0.15) is 0 Å². The van der Waals surface area contributed by atoms with Crippen LogP contribution >= 0.6 is 0 Å². The van der Waals surface area contributed by atoms with Gasteiger partial charge in [-0.25, -0.2) is 0 Å². The fraction of sp³-hybridized carbons (Fsp3) is 0.280. The second-order valence-corrected chi connectivity index (χ2v) is 7.67. The molecule has 1 saturated carbocycles. The summed E-state index contributed by atoms with van der Waals surface area (Å²) in [4.78, 5) is 0. The van der Waals surface area contributed by atoms with E-state index in [1.807, 2.05) is 0 Å². The van der Waals surface area contributed by atoms with E-state index in [1.165, 1.54) is 65.1 Å². The SMILES string of the molecule is CC1=C(C2CCCC2)Cc2cccc(-c3cccc4ccccc34)c21. The molecule has 0 aliphatic heterocycles. The zero-order chi connectivity index (χ0) is 16.8. The number of rotatable bonds is 2. The summed E-state index contributed by atoms with van der Waals surface area (Å²) in [6, 6.07) is 22.4. The van der Waals surface area contributed by atoms with E-state index >= 15 is 0 Å². The molecule has 0 spiro atoms. The van der Waals surface area contributed by atoms with Crippen LogP contribution in [0.15, 0.2) is 66.2 Å². The van der Waals surface area contributed by atoms with Crippen molar-refractivity contribution in [2.75, 3.05) is 0 Å². The highest BCUT2D eigenvalue weighted by molar-refractivity contribution is 6.00. The number of hydrogen-bond donors (Lipinski definition) is 0. The van der Waals surface area contributed by atoms with Gasteiger partial charge in [0.15, 0.2) is 0 Å². The molecule has 0 heteroatoms. The van der Waals surface area contributed by atoms with E-state index in [-0.39, 0.29) is 0 Å². The number of allylic oxidation sites excluding steroid dienone is 2. The van der Waals surface area contributed by atoms with Crippen molar-refractivity contribution in [2.45, 2.75) is 39.0 Å². The minimum Gasteiger partial charge on any atom is -0.0616 e. The van der Waals surface area contributed by atoms with Gasteiger partial charge in [0.2, 0.25) is 0 Å². The Morgan fingerprint density at radius 2 is 1.48 bits per heavy atom. The lowest BCUT2D eigenvalue weighted by atomic mass is 9.90. The zero-order valence-corrected chi connectivity index (χ0v) is 14.9. The summed E-state index contributed by atoms with van der Waals surface area (Å²) in [5.74, 6) is 0.827. The van der Waals surface area contributed by atoms with Crippen molar-refractivity contribution in [2.24, 2.45) is 5.92 Å². The Morgan fingerprint density at radius 1 is 0.760 bits per heavy atom. The summed E-state index contributed by atoms with van der Waals surface area (Å²) >= 11 is 0. The Bertz CT molecular complexity index is 979. The fourth-order valence-corrected chi connectivity index (χ4v) is 5.10. The van der Waals surface area contributed by atoms with Crippen LogP contribution in [0.3, 0.4) is 0 Å². The normalized spacial score (nSPS) is 17.5. The lowest BCUT2D eigenvalue weighted by Crippen LogP contribution is -1.99. The minimum absolute atomic E-state index is 0.827. The van der Waals surface area contributed by atoms with Crippen molar-refractivity contribution in [1.82, 2.24) is 0 Å². The van der Waals surface area contributed by atoms with E-state index in [0.717, 1.165) is 5.92 Å². The van der Waals surface area contributed by atoms with Crippen LogP contribution in [0, 0.1) is 5.92 Å². The molecular weight excluding hydrogens is 300 g/mol. The molecule has 0 N–H and O–H groups in total. The van der Waals surface area contributed by atoms with Gasteiger partial charge in [-0.05, 0) is 70.7 Å². The molecule has 0 nitrogen and oxygen atoms in total. The predicted octanol–water partition coefficient (Wildman–Crippen LogP) is 7.03. The van der Waals surface area contributed by atoms with E-state index in [0.29, 0.717) is 0 Å². The Labute approximate surface area is 150 Å². The van der Waals surface area contributed by atoms with Crippen molar-refractivity contribution < 1.29 is 0 Å². The monoisotopic (exact) mass is 324 g/mol. The van der Waals surface area contributed by atoms with E-state index in [4.69, 9.17) is 0 Å². The average Bonchev–Trinajstić information content (AvgIpc) is 3.29. The van der Waals surface area contributed by atoms with Crippen LogP contribution < -0.4 is 0 Å². The largest absolute Gasteiger partial charge is 0.0616 e. The highest BCUT2D eigenvalue weighted by Crippen LogP contribution is 2.46. The summed E-state index contributed by atoms with van der Waals surface area (Å²) in [5.41, 5.74) is 9.12. The molecule has 3 aromatic carbocycles. The summed E-state index contributed by atoms with van der Waals surface area (Å²) in [6.07, 6.45) is 6.78. The molecule has 0 saturated heterocycles. The molecule has 0 atom stereocenters. The molecule has 3 aromatic rings. The second kappa shape index (κ2) is 5.88. The smallest absolute Gasteiger partial charge is 0.00521 e.